The van der Waals surface area contributed by atoms with Gasteiger partial charge in [-0.05, 0) is 6.92 Å². The lowest BCUT2D eigenvalue weighted by atomic mass is 9.87. The lowest BCUT2D eigenvalue weighted by molar-refractivity contribution is -0.332. The fraction of sp³-hybridized carbons (Fsp3) is 1.00. The molecule has 1 heterocycles. The Bertz CT molecular complexity index is 288. The Morgan fingerprint density at radius 3 is 2.27 bits per heavy atom. The maximum atomic E-state index is 9.77. The number of nitrogens with zero attached hydrogens (tertiary/aromatic N) is 1. The number of ether oxygens (including phenoxy) is 1. The summed E-state index contributed by atoms with van der Waals surface area (Å²) in [4.78, 5) is 0. The minimum Gasteiger partial charge on any atom is -0.385 e. The van der Waals surface area contributed by atoms with Gasteiger partial charge in [0.25, 0.3) is 0 Å². The Morgan fingerprint density at radius 1 is 1.40 bits per heavy atom. The molecule has 0 aromatic carbocycles. The van der Waals surface area contributed by atoms with Crippen molar-refractivity contribution in [1.82, 2.24) is 5.12 Å². The smallest absolute Gasteiger partial charge is 0.192 e. The van der Waals surface area contributed by atoms with E-state index in [4.69, 9.17) is 29.3 Å². The summed E-state index contributed by atoms with van der Waals surface area (Å²) < 4.78 is 12.1. The lowest BCUT2D eigenvalue weighted by Gasteiger charge is -2.52. The van der Waals surface area contributed by atoms with E-state index in [9.17, 15) is 15.3 Å². The molecule has 0 spiro atoms. The van der Waals surface area contributed by atoms with Crippen molar-refractivity contribution >= 4 is 0 Å². The number of aliphatic hydroxyl groups is 3. The van der Waals surface area contributed by atoms with E-state index < -0.39 is 29.9 Å². The van der Waals surface area contributed by atoms with E-state index in [2.05, 4.69) is 0 Å². The molecule has 1 unspecified atom stereocenters. The van der Waals surface area contributed by atoms with Gasteiger partial charge in [-0.2, -0.15) is 5.12 Å². The van der Waals surface area contributed by atoms with Crippen molar-refractivity contribution in [2.24, 2.45) is 23.2 Å². The summed E-state index contributed by atoms with van der Waals surface area (Å²) in [7, 11) is 0. The number of hydrogen-bond acceptors (Lipinski definition) is 9. The van der Waals surface area contributed by atoms with Crippen LogP contribution in [-0.4, -0.2) is 50.3 Å². The van der Waals surface area contributed by atoms with Crippen LogP contribution in [0.4, 0.5) is 0 Å². The maximum Gasteiger partial charge on any atom is 0.192 e. The monoisotopic (exact) mass is 224 g/mol. The SMILES string of the molecule is [2H]C1(O)O[C@H](C)[C@@](N)(O)[C@H](O)[C@@]1(N)N(N)N. The first-order valence-electron chi connectivity index (χ1n) is 4.66. The second kappa shape index (κ2) is 3.59. The molecule has 0 aliphatic carbocycles. The maximum absolute atomic E-state index is 9.77. The number of nitrogens with two attached hydrogens (primary N) is 4. The van der Waals surface area contributed by atoms with Crippen LogP contribution in [0.3, 0.4) is 0 Å². The highest BCUT2D eigenvalue weighted by molar-refractivity contribution is 5.05. The molecule has 0 radical (unpaired) electrons. The van der Waals surface area contributed by atoms with Crippen LogP contribution in [0.5, 0.6) is 0 Å². The average Bonchev–Trinajstić information content (AvgIpc) is 2.12. The van der Waals surface area contributed by atoms with E-state index in [0.717, 1.165) is 0 Å². The quantitative estimate of drug-likeness (QED) is 0.131. The number of rotatable bonds is 1. The molecule has 15 heavy (non-hydrogen) atoms. The van der Waals surface area contributed by atoms with E-state index in [1.54, 1.807) is 0 Å². The van der Waals surface area contributed by atoms with Crippen molar-refractivity contribution in [2.75, 3.05) is 0 Å². The summed E-state index contributed by atoms with van der Waals surface area (Å²) >= 11 is 0. The zero-order valence-electron chi connectivity index (χ0n) is 9.16. The predicted molar refractivity (Wildman–Crippen MR) is 48.8 cm³/mol. The minimum atomic E-state index is -2.83. The second-order valence-corrected chi connectivity index (χ2v) is 3.59. The van der Waals surface area contributed by atoms with Crippen LogP contribution in [0.15, 0.2) is 0 Å². The first kappa shape index (κ1) is 11.1. The van der Waals surface area contributed by atoms with Crippen molar-refractivity contribution in [3.8, 4) is 0 Å². The zero-order chi connectivity index (χ0) is 12.9. The van der Waals surface area contributed by atoms with Gasteiger partial charge in [0, 0.05) is 0 Å². The summed E-state index contributed by atoms with van der Waals surface area (Å²) in [5, 5.41) is 29.3. The number of hydrogen-bond donors (Lipinski definition) is 7. The van der Waals surface area contributed by atoms with E-state index in [-0.39, 0.29) is 5.12 Å². The van der Waals surface area contributed by atoms with Crippen molar-refractivity contribution < 1.29 is 21.4 Å². The number of aliphatic hydroxyl groups excluding tert-OH is 1. The Hall–Kier alpha value is -0.360. The molecule has 0 bridgehead atoms. The molecule has 90 valence electrons. The van der Waals surface area contributed by atoms with Crippen molar-refractivity contribution in [3.05, 3.63) is 0 Å². The van der Waals surface area contributed by atoms with Crippen molar-refractivity contribution in [3.63, 3.8) is 0 Å². The highest BCUT2D eigenvalue weighted by Crippen LogP contribution is 2.31. The van der Waals surface area contributed by atoms with Crippen LogP contribution in [-0.2, 0) is 4.74 Å². The highest BCUT2D eigenvalue weighted by Gasteiger charge is 2.60. The predicted octanol–water partition coefficient (Wildman–Crippen LogP) is -4.56. The molecule has 5 atom stereocenters. The molecular formula is C6H17N5O4. The van der Waals surface area contributed by atoms with E-state index in [1.807, 2.05) is 0 Å². The lowest BCUT2D eigenvalue weighted by Crippen LogP contribution is -2.85. The van der Waals surface area contributed by atoms with Crippen LogP contribution >= 0.6 is 0 Å². The van der Waals surface area contributed by atoms with Gasteiger partial charge in [0.15, 0.2) is 17.7 Å². The van der Waals surface area contributed by atoms with Crippen LogP contribution in [0.1, 0.15) is 8.29 Å². The minimum absolute atomic E-state index is 0.175. The summed E-state index contributed by atoms with van der Waals surface area (Å²) in [6.45, 7) is 1.25. The first-order valence-corrected chi connectivity index (χ1v) is 4.16. The third-order valence-corrected chi connectivity index (χ3v) is 2.56. The van der Waals surface area contributed by atoms with E-state index in [1.165, 1.54) is 6.92 Å². The van der Waals surface area contributed by atoms with Gasteiger partial charge in [-0.1, -0.05) is 0 Å². The third kappa shape index (κ3) is 1.63. The Balaban J connectivity index is 3.25. The van der Waals surface area contributed by atoms with Gasteiger partial charge < -0.3 is 25.8 Å². The highest BCUT2D eigenvalue weighted by atomic mass is 16.6. The molecule has 0 aromatic rings. The molecule has 1 aliphatic rings. The molecule has 0 saturated carbocycles. The van der Waals surface area contributed by atoms with Gasteiger partial charge in [0.05, 0.1) is 1.37 Å². The normalized spacial score (nSPS) is 58.1. The molecule has 1 fully saturated rings. The van der Waals surface area contributed by atoms with E-state index >= 15 is 0 Å². The van der Waals surface area contributed by atoms with Crippen LogP contribution in [0, 0.1) is 0 Å². The Labute approximate surface area is 87.5 Å². The summed E-state index contributed by atoms with van der Waals surface area (Å²) in [6, 6.07) is 0. The molecule has 1 aliphatic heterocycles. The van der Waals surface area contributed by atoms with Crippen molar-refractivity contribution in [2.45, 2.75) is 36.8 Å². The first-order chi connectivity index (χ1) is 6.98. The van der Waals surface area contributed by atoms with Crippen molar-refractivity contribution in [1.29, 1.82) is 0 Å². The summed E-state index contributed by atoms with van der Waals surface area (Å²) in [6.07, 6.45) is -6.08. The van der Waals surface area contributed by atoms with Gasteiger partial charge >= 0.3 is 0 Å². The standard InChI is InChI=1S/C6H17N5O4/c1-2-6(8,14)3(12)5(7,11(9)10)4(13)15-2/h2-4,12-14H,7-10H2,1H3/t2-,3-,4?,5-,6-/m1/s1/i4D. The largest absolute Gasteiger partial charge is 0.385 e. The Morgan fingerprint density at radius 2 is 1.87 bits per heavy atom. The Kier molecular flexibility index (Phi) is 2.66. The molecule has 1 rings (SSSR count). The van der Waals surface area contributed by atoms with Crippen LogP contribution < -0.4 is 23.2 Å². The van der Waals surface area contributed by atoms with Gasteiger partial charge in [-0.25, -0.2) is 0 Å². The molecule has 0 aromatic heterocycles. The van der Waals surface area contributed by atoms with Gasteiger partial charge in [0.2, 0.25) is 0 Å². The van der Waals surface area contributed by atoms with E-state index in [0.29, 0.717) is 0 Å². The molecule has 0 amide bonds. The molecule has 9 nitrogen and oxygen atoms in total. The fourth-order valence-electron chi connectivity index (χ4n) is 1.30. The molecular weight excluding hydrogens is 206 g/mol. The summed E-state index contributed by atoms with van der Waals surface area (Å²) in [5.74, 6) is 10.3. The molecule has 9 heteroatoms. The number of hydrazine groups is 2. The topological polar surface area (TPSA) is 177 Å². The molecule has 11 N–H and O–H groups in total. The van der Waals surface area contributed by atoms with Gasteiger partial charge in [-0.3, -0.25) is 17.4 Å². The van der Waals surface area contributed by atoms with Gasteiger partial charge in [0.1, 0.15) is 12.2 Å². The van der Waals surface area contributed by atoms with Crippen LogP contribution in [0.25, 0.3) is 0 Å². The zero-order valence-corrected chi connectivity index (χ0v) is 8.16. The second-order valence-electron chi connectivity index (χ2n) is 3.59. The van der Waals surface area contributed by atoms with Crippen LogP contribution in [0.2, 0.25) is 0 Å². The average molecular weight is 224 g/mol. The molecule has 1 saturated heterocycles. The van der Waals surface area contributed by atoms with Gasteiger partial charge in [-0.15, -0.1) is 0 Å². The fourth-order valence-corrected chi connectivity index (χ4v) is 1.30. The third-order valence-electron chi connectivity index (χ3n) is 2.56. The summed E-state index contributed by atoms with van der Waals surface area (Å²) in [5.41, 5.74) is 6.06.